The van der Waals surface area contributed by atoms with Gasteiger partial charge >= 0.3 is 0 Å². The van der Waals surface area contributed by atoms with Crippen LogP contribution in [0.4, 0.5) is 0 Å². The third-order valence-corrected chi connectivity index (χ3v) is 5.87. The summed E-state index contributed by atoms with van der Waals surface area (Å²) in [5.41, 5.74) is 0.0385. The molecule has 1 aromatic rings. The first-order valence-electron chi connectivity index (χ1n) is 8.55. The van der Waals surface area contributed by atoms with Gasteiger partial charge in [0.2, 0.25) is 21.8 Å². The molecule has 3 amide bonds. The van der Waals surface area contributed by atoms with Crippen LogP contribution < -0.4 is 10.0 Å². The fourth-order valence-electron chi connectivity index (χ4n) is 2.63. The van der Waals surface area contributed by atoms with Gasteiger partial charge in [-0.15, -0.1) is 0 Å². The molecule has 0 bridgehead atoms. The number of benzene rings is 1. The second-order valence-electron chi connectivity index (χ2n) is 6.47. The lowest BCUT2D eigenvalue weighted by Gasteiger charge is -2.14. The molecule has 0 spiro atoms. The highest BCUT2D eigenvalue weighted by Crippen LogP contribution is 2.21. The van der Waals surface area contributed by atoms with E-state index >= 15 is 0 Å². The molecule has 1 aromatic carbocycles. The summed E-state index contributed by atoms with van der Waals surface area (Å²) >= 11 is 6.03. The van der Waals surface area contributed by atoms with E-state index in [-0.39, 0.29) is 59.3 Å². The maximum atomic E-state index is 12.3. The zero-order valence-electron chi connectivity index (χ0n) is 15.1. The van der Waals surface area contributed by atoms with E-state index in [1.165, 1.54) is 23.1 Å². The average Bonchev–Trinajstić information content (AvgIpc) is 2.89. The normalized spacial score (nSPS) is 14.9. The Bertz CT molecular complexity index is 838. The minimum absolute atomic E-state index is 0.0385. The molecule has 0 aromatic heterocycles. The van der Waals surface area contributed by atoms with Crippen molar-refractivity contribution in [2.45, 2.75) is 44.0 Å². The quantitative estimate of drug-likeness (QED) is 0.490. The van der Waals surface area contributed by atoms with Crippen molar-refractivity contribution in [3.8, 4) is 0 Å². The summed E-state index contributed by atoms with van der Waals surface area (Å²) in [6.07, 6.45) is 0.854. The van der Waals surface area contributed by atoms with E-state index in [2.05, 4.69) is 10.0 Å². The highest BCUT2D eigenvalue weighted by atomic mass is 35.5. The number of halogens is 1. The molecule has 10 heteroatoms. The van der Waals surface area contributed by atoms with E-state index in [1.54, 1.807) is 13.8 Å². The summed E-state index contributed by atoms with van der Waals surface area (Å²) < 4.78 is 26.9. The first-order chi connectivity index (χ1) is 12.6. The maximum Gasteiger partial charge on any atom is 0.252 e. The van der Waals surface area contributed by atoms with Gasteiger partial charge in [0.1, 0.15) is 0 Å². The number of carbonyl (C=O) groups excluding carboxylic acids is 3. The molecule has 0 aliphatic carbocycles. The second-order valence-corrected chi connectivity index (χ2v) is 8.59. The molecule has 0 saturated carbocycles. The fraction of sp³-hybridized carbons (Fsp3) is 0.471. The zero-order valence-corrected chi connectivity index (χ0v) is 16.7. The van der Waals surface area contributed by atoms with Crippen LogP contribution in [-0.2, 0) is 19.6 Å². The Morgan fingerprint density at radius 2 is 1.85 bits per heavy atom. The number of carbonyl (C=O) groups is 3. The molecule has 1 heterocycles. The Labute approximate surface area is 163 Å². The SMILES string of the molecule is CC(C)NS(=O)(=O)c1ccc(Cl)c(C(=O)NCCCN2C(=O)CCC2=O)c1. The third-order valence-electron chi connectivity index (χ3n) is 3.88. The van der Waals surface area contributed by atoms with Crippen LogP contribution in [0.15, 0.2) is 23.1 Å². The number of likely N-dealkylation sites (tertiary alicyclic amines) is 1. The van der Waals surface area contributed by atoms with E-state index in [9.17, 15) is 22.8 Å². The molecule has 1 aliphatic rings. The summed E-state index contributed by atoms with van der Waals surface area (Å²) in [4.78, 5) is 36.5. The van der Waals surface area contributed by atoms with E-state index in [0.29, 0.717) is 6.42 Å². The Morgan fingerprint density at radius 1 is 1.22 bits per heavy atom. The van der Waals surface area contributed by atoms with Gasteiger partial charge in [-0.25, -0.2) is 13.1 Å². The third kappa shape index (κ3) is 5.50. The van der Waals surface area contributed by atoms with Crippen molar-refractivity contribution < 1.29 is 22.8 Å². The molecule has 0 atom stereocenters. The van der Waals surface area contributed by atoms with Crippen molar-refractivity contribution in [3.63, 3.8) is 0 Å². The average molecular weight is 416 g/mol. The van der Waals surface area contributed by atoms with Crippen molar-refractivity contribution in [2.24, 2.45) is 0 Å². The van der Waals surface area contributed by atoms with Gasteiger partial charge in [-0.2, -0.15) is 0 Å². The monoisotopic (exact) mass is 415 g/mol. The minimum atomic E-state index is -3.75. The first kappa shape index (κ1) is 21.3. The molecule has 148 valence electrons. The molecular weight excluding hydrogens is 394 g/mol. The molecule has 2 N–H and O–H groups in total. The first-order valence-corrected chi connectivity index (χ1v) is 10.4. The van der Waals surface area contributed by atoms with Crippen molar-refractivity contribution >= 4 is 39.3 Å². The summed E-state index contributed by atoms with van der Waals surface area (Å²) in [6, 6.07) is 3.61. The minimum Gasteiger partial charge on any atom is -0.352 e. The molecule has 8 nitrogen and oxygen atoms in total. The molecule has 1 aliphatic heterocycles. The van der Waals surface area contributed by atoms with E-state index in [1.807, 2.05) is 0 Å². The number of nitrogens with one attached hydrogen (secondary N) is 2. The molecule has 2 rings (SSSR count). The number of amides is 3. The van der Waals surface area contributed by atoms with Crippen LogP contribution in [0.2, 0.25) is 5.02 Å². The largest absolute Gasteiger partial charge is 0.352 e. The van der Waals surface area contributed by atoms with Crippen LogP contribution >= 0.6 is 11.6 Å². The van der Waals surface area contributed by atoms with Crippen LogP contribution in [0.1, 0.15) is 43.5 Å². The van der Waals surface area contributed by atoms with Crippen LogP contribution in [0.3, 0.4) is 0 Å². The van der Waals surface area contributed by atoms with Gasteiger partial charge < -0.3 is 5.32 Å². The van der Waals surface area contributed by atoms with Gasteiger partial charge in [0.15, 0.2) is 0 Å². The van der Waals surface area contributed by atoms with E-state index in [4.69, 9.17) is 11.6 Å². The maximum absolute atomic E-state index is 12.3. The predicted octanol–water partition coefficient (Wildman–Crippen LogP) is 1.30. The van der Waals surface area contributed by atoms with Crippen LogP contribution in [0.5, 0.6) is 0 Å². The molecule has 1 fully saturated rings. The lowest BCUT2D eigenvalue weighted by Crippen LogP contribution is -2.33. The Balaban J connectivity index is 1.98. The van der Waals surface area contributed by atoms with Crippen molar-refractivity contribution in [3.05, 3.63) is 28.8 Å². The standard InChI is InChI=1S/C17H22ClN3O5S/c1-11(2)20-27(25,26)12-4-5-14(18)13(10-12)17(24)19-8-3-9-21-15(22)6-7-16(21)23/h4-5,10-11,20H,3,6-9H2,1-2H3,(H,19,24). The Hall–Kier alpha value is -1.97. The number of imide groups is 1. The lowest BCUT2D eigenvalue weighted by molar-refractivity contribution is -0.138. The number of nitrogens with zero attached hydrogens (tertiary/aromatic N) is 1. The Morgan fingerprint density at radius 3 is 2.44 bits per heavy atom. The van der Waals surface area contributed by atoms with Crippen LogP contribution in [0, 0.1) is 0 Å². The highest BCUT2D eigenvalue weighted by molar-refractivity contribution is 7.89. The van der Waals surface area contributed by atoms with Crippen LogP contribution in [0.25, 0.3) is 0 Å². The number of sulfonamides is 1. The number of hydrogen-bond donors (Lipinski definition) is 2. The molecule has 0 unspecified atom stereocenters. The van der Waals surface area contributed by atoms with Gasteiger partial charge in [0.25, 0.3) is 5.91 Å². The van der Waals surface area contributed by atoms with Crippen molar-refractivity contribution in [1.82, 2.24) is 14.9 Å². The summed E-state index contributed by atoms with van der Waals surface area (Å²) in [6.45, 7) is 3.83. The topological polar surface area (TPSA) is 113 Å². The van der Waals surface area contributed by atoms with Gasteiger partial charge in [0.05, 0.1) is 15.5 Å². The Kier molecular flexibility index (Phi) is 6.96. The molecule has 0 radical (unpaired) electrons. The van der Waals surface area contributed by atoms with Gasteiger partial charge in [0, 0.05) is 32.0 Å². The summed E-state index contributed by atoms with van der Waals surface area (Å²) in [7, 11) is -3.75. The fourth-order valence-corrected chi connectivity index (χ4v) is 4.11. The summed E-state index contributed by atoms with van der Waals surface area (Å²) in [5, 5.41) is 2.75. The second kappa shape index (κ2) is 8.81. The molecule has 1 saturated heterocycles. The number of rotatable bonds is 8. The molecule has 27 heavy (non-hydrogen) atoms. The van der Waals surface area contributed by atoms with Gasteiger partial charge in [-0.05, 0) is 38.5 Å². The van der Waals surface area contributed by atoms with Crippen molar-refractivity contribution in [2.75, 3.05) is 13.1 Å². The lowest BCUT2D eigenvalue weighted by atomic mass is 10.2. The molecular formula is C17H22ClN3O5S. The van der Waals surface area contributed by atoms with Gasteiger partial charge in [-0.3, -0.25) is 19.3 Å². The van der Waals surface area contributed by atoms with Crippen molar-refractivity contribution in [1.29, 1.82) is 0 Å². The van der Waals surface area contributed by atoms with Crippen LogP contribution in [-0.4, -0.2) is 50.2 Å². The zero-order chi connectivity index (χ0) is 20.2. The number of hydrogen-bond acceptors (Lipinski definition) is 5. The predicted molar refractivity (Wildman–Crippen MR) is 99.8 cm³/mol. The van der Waals surface area contributed by atoms with E-state index < -0.39 is 15.9 Å². The summed E-state index contributed by atoms with van der Waals surface area (Å²) in [5.74, 6) is -0.935. The smallest absolute Gasteiger partial charge is 0.252 e. The highest BCUT2D eigenvalue weighted by Gasteiger charge is 2.28. The van der Waals surface area contributed by atoms with E-state index in [0.717, 1.165) is 0 Å². The van der Waals surface area contributed by atoms with Gasteiger partial charge in [-0.1, -0.05) is 11.6 Å².